The number of hydrogen-bond acceptors (Lipinski definition) is 2. The fraction of sp³-hybridized carbons (Fsp3) is 0.200. The fourth-order valence-electron chi connectivity index (χ4n) is 1.32. The van der Waals surface area contributed by atoms with E-state index in [4.69, 9.17) is 0 Å². The molecule has 0 unspecified atom stereocenters. The highest BCUT2D eigenvalue weighted by molar-refractivity contribution is 5.92. The van der Waals surface area contributed by atoms with Crippen LogP contribution in [0.2, 0.25) is 0 Å². The normalized spacial score (nSPS) is 10.4. The van der Waals surface area contributed by atoms with E-state index in [9.17, 15) is 4.79 Å². The standard InChI is InChI=1S/C10H11N3O/c1-7-3-4-13-6-8(10(14)11-2)12-9(13)5-7/h3-6H,1-2H3,(H,11,14). The second kappa shape index (κ2) is 3.14. The van der Waals surface area contributed by atoms with Crippen LogP contribution in [0.5, 0.6) is 0 Å². The van der Waals surface area contributed by atoms with Gasteiger partial charge >= 0.3 is 0 Å². The third-order valence-electron chi connectivity index (χ3n) is 2.08. The lowest BCUT2D eigenvalue weighted by atomic mass is 10.3. The van der Waals surface area contributed by atoms with Gasteiger partial charge in [0.15, 0.2) is 0 Å². The Morgan fingerprint density at radius 2 is 2.36 bits per heavy atom. The summed E-state index contributed by atoms with van der Waals surface area (Å²) < 4.78 is 1.83. The summed E-state index contributed by atoms with van der Waals surface area (Å²) in [6, 6.07) is 3.91. The Morgan fingerprint density at radius 3 is 3.07 bits per heavy atom. The molecule has 2 heterocycles. The second-order valence-electron chi connectivity index (χ2n) is 3.17. The largest absolute Gasteiger partial charge is 0.354 e. The maximum absolute atomic E-state index is 11.3. The number of imidazole rings is 1. The number of aryl methyl sites for hydroxylation is 1. The van der Waals surface area contributed by atoms with Gasteiger partial charge in [0.05, 0.1) is 0 Å². The quantitative estimate of drug-likeness (QED) is 0.727. The van der Waals surface area contributed by atoms with Gasteiger partial charge in [-0.2, -0.15) is 0 Å². The first-order valence-electron chi connectivity index (χ1n) is 4.38. The molecule has 0 aromatic carbocycles. The molecule has 0 spiro atoms. The Balaban J connectivity index is 2.56. The van der Waals surface area contributed by atoms with Crippen molar-refractivity contribution in [3.63, 3.8) is 0 Å². The summed E-state index contributed by atoms with van der Waals surface area (Å²) in [6.07, 6.45) is 3.61. The van der Waals surface area contributed by atoms with Crippen molar-refractivity contribution in [3.05, 3.63) is 35.8 Å². The monoisotopic (exact) mass is 189 g/mol. The molecule has 0 saturated carbocycles. The summed E-state index contributed by atoms with van der Waals surface area (Å²) in [5.74, 6) is -0.161. The van der Waals surface area contributed by atoms with Crippen LogP contribution in [0.4, 0.5) is 0 Å². The molecule has 0 aliphatic heterocycles. The minimum absolute atomic E-state index is 0.161. The number of nitrogens with zero attached hydrogens (tertiary/aromatic N) is 2. The Bertz CT molecular complexity index is 487. The van der Waals surface area contributed by atoms with Crippen LogP contribution >= 0.6 is 0 Å². The van der Waals surface area contributed by atoms with Gasteiger partial charge in [0, 0.05) is 19.4 Å². The SMILES string of the molecule is CNC(=O)c1cn2ccc(C)cc2n1. The zero-order valence-electron chi connectivity index (χ0n) is 8.11. The van der Waals surface area contributed by atoms with E-state index in [2.05, 4.69) is 10.3 Å². The lowest BCUT2D eigenvalue weighted by Crippen LogP contribution is -2.17. The molecule has 0 aliphatic rings. The molecule has 0 radical (unpaired) electrons. The van der Waals surface area contributed by atoms with Crippen LogP contribution in [0.15, 0.2) is 24.5 Å². The van der Waals surface area contributed by atoms with Crippen LogP contribution in [0.3, 0.4) is 0 Å². The molecule has 4 heteroatoms. The first kappa shape index (κ1) is 8.74. The number of pyridine rings is 1. The van der Waals surface area contributed by atoms with Gasteiger partial charge in [-0.05, 0) is 24.6 Å². The van der Waals surface area contributed by atoms with Gasteiger partial charge < -0.3 is 9.72 Å². The van der Waals surface area contributed by atoms with Crippen LogP contribution in [0.25, 0.3) is 5.65 Å². The molecule has 1 N–H and O–H groups in total. The molecule has 14 heavy (non-hydrogen) atoms. The van der Waals surface area contributed by atoms with E-state index in [0.717, 1.165) is 11.2 Å². The van der Waals surface area contributed by atoms with Gasteiger partial charge in [-0.3, -0.25) is 4.79 Å². The topological polar surface area (TPSA) is 46.4 Å². The maximum Gasteiger partial charge on any atom is 0.271 e. The molecule has 2 aromatic heterocycles. The highest BCUT2D eigenvalue weighted by Crippen LogP contribution is 2.07. The van der Waals surface area contributed by atoms with E-state index in [1.807, 2.05) is 29.7 Å². The van der Waals surface area contributed by atoms with E-state index < -0.39 is 0 Å². The minimum atomic E-state index is -0.161. The number of rotatable bonds is 1. The lowest BCUT2D eigenvalue weighted by Gasteiger charge is -1.92. The molecule has 0 bridgehead atoms. The highest BCUT2D eigenvalue weighted by atomic mass is 16.1. The van der Waals surface area contributed by atoms with E-state index in [-0.39, 0.29) is 5.91 Å². The van der Waals surface area contributed by atoms with Crippen LogP contribution < -0.4 is 5.32 Å². The molecular formula is C10H11N3O. The Hall–Kier alpha value is -1.84. The van der Waals surface area contributed by atoms with Crippen molar-refractivity contribution >= 4 is 11.6 Å². The number of carbonyl (C=O) groups is 1. The first-order chi connectivity index (χ1) is 6.70. The molecule has 4 nitrogen and oxygen atoms in total. The number of fused-ring (bicyclic) bond motifs is 1. The van der Waals surface area contributed by atoms with Crippen LogP contribution in [0.1, 0.15) is 16.1 Å². The van der Waals surface area contributed by atoms with E-state index >= 15 is 0 Å². The second-order valence-corrected chi connectivity index (χ2v) is 3.17. The summed E-state index contributed by atoms with van der Waals surface area (Å²) in [5.41, 5.74) is 2.37. The van der Waals surface area contributed by atoms with Crippen molar-refractivity contribution in [2.45, 2.75) is 6.92 Å². The zero-order valence-corrected chi connectivity index (χ0v) is 8.11. The molecule has 72 valence electrons. The smallest absolute Gasteiger partial charge is 0.271 e. The summed E-state index contributed by atoms with van der Waals surface area (Å²) in [5, 5.41) is 2.54. The predicted molar refractivity (Wildman–Crippen MR) is 53.3 cm³/mol. The summed E-state index contributed by atoms with van der Waals surface area (Å²) >= 11 is 0. The average molecular weight is 189 g/mol. The number of aromatic nitrogens is 2. The molecule has 0 aliphatic carbocycles. The van der Waals surface area contributed by atoms with E-state index in [1.165, 1.54) is 0 Å². The van der Waals surface area contributed by atoms with Gasteiger partial charge in [-0.1, -0.05) is 0 Å². The summed E-state index contributed by atoms with van der Waals surface area (Å²) in [6.45, 7) is 1.99. The Morgan fingerprint density at radius 1 is 1.57 bits per heavy atom. The van der Waals surface area contributed by atoms with E-state index in [1.54, 1.807) is 13.2 Å². The minimum Gasteiger partial charge on any atom is -0.354 e. The van der Waals surface area contributed by atoms with Crippen molar-refractivity contribution in [1.82, 2.24) is 14.7 Å². The molecule has 2 rings (SSSR count). The van der Waals surface area contributed by atoms with Gasteiger partial charge in [0.25, 0.3) is 5.91 Å². The van der Waals surface area contributed by atoms with Crippen molar-refractivity contribution < 1.29 is 4.79 Å². The van der Waals surface area contributed by atoms with Gasteiger partial charge in [-0.25, -0.2) is 4.98 Å². The zero-order chi connectivity index (χ0) is 10.1. The van der Waals surface area contributed by atoms with Crippen molar-refractivity contribution in [2.75, 3.05) is 7.05 Å². The van der Waals surface area contributed by atoms with Crippen LogP contribution in [-0.2, 0) is 0 Å². The number of amides is 1. The summed E-state index contributed by atoms with van der Waals surface area (Å²) in [7, 11) is 1.59. The lowest BCUT2D eigenvalue weighted by molar-refractivity contribution is 0.0959. The third-order valence-corrected chi connectivity index (χ3v) is 2.08. The highest BCUT2D eigenvalue weighted by Gasteiger charge is 2.07. The van der Waals surface area contributed by atoms with Crippen molar-refractivity contribution in [3.8, 4) is 0 Å². The third kappa shape index (κ3) is 1.35. The number of nitrogens with one attached hydrogen (secondary N) is 1. The van der Waals surface area contributed by atoms with Gasteiger partial charge in [0.2, 0.25) is 0 Å². The van der Waals surface area contributed by atoms with Crippen LogP contribution in [0, 0.1) is 6.92 Å². The van der Waals surface area contributed by atoms with Crippen LogP contribution in [-0.4, -0.2) is 22.3 Å². The van der Waals surface area contributed by atoms with Crippen molar-refractivity contribution in [1.29, 1.82) is 0 Å². The average Bonchev–Trinajstić information content (AvgIpc) is 2.59. The molecule has 0 fully saturated rings. The molecular weight excluding hydrogens is 178 g/mol. The summed E-state index contributed by atoms with van der Waals surface area (Å²) in [4.78, 5) is 15.5. The molecule has 0 atom stereocenters. The number of hydrogen-bond donors (Lipinski definition) is 1. The molecule has 0 saturated heterocycles. The van der Waals surface area contributed by atoms with Crippen molar-refractivity contribution in [2.24, 2.45) is 0 Å². The van der Waals surface area contributed by atoms with E-state index in [0.29, 0.717) is 5.69 Å². The maximum atomic E-state index is 11.3. The van der Waals surface area contributed by atoms with Gasteiger partial charge in [0.1, 0.15) is 11.3 Å². The Kier molecular flexibility index (Phi) is 1.96. The van der Waals surface area contributed by atoms with Gasteiger partial charge in [-0.15, -0.1) is 0 Å². The Labute approximate surface area is 81.6 Å². The predicted octanol–water partition coefficient (Wildman–Crippen LogP) is 1.00. The fourth-order valence-corrected chi connectivity index (χ4v) is 1.32. The molecule has 1 amide bonds. The molecule has 2 aromatic rings. The number of carbonyl (C=O) groups excluding carboxylic acids is 1. The first-order valence-corrected chi connectivity index (χ1v) is 4.38.